The van der Waals surface area contributed by atoms with Crippen molar-refractivity contribution in [3.05, 3.63) is 58.4 Å². The van der Waals surface area contributed by atoms with Crippen molar-refractivity contribution in [1.82, 2.24) is 9.88 Å². The Morgan fingerprint density at radius 2 is 2.00 bits per heavy atom. The predicted molar refractivity (Wildman–Crippen MR) is 120 cm³/mol. The van der Waals surface area contributed by atoms with Crippen molar-refractivity contribution >= 4 is 23.6 Å². The fourth-order valence-corrected chi connectivity index (χ4v) is 3.37. The minimum absolute atomic E-state index is 0.0102. The molecule has 170 valence electrons. The maximum Gasteiger partial charge on any atom is 0.324 e. The van der Waals surface area contributed by atoms with E-state index in [0.29, 0.717) is 38.4 Å². The molecule has 2 amide bonds. The number of hydrogen-bond donors (Lipinski definition) is 0. The summed E-state index contributed by atoms with van der Waals surface area (Å²) in [5.74, 6) is 0.228. The van der Waals surface area contributed by atoms with Gasteiger partial charge >= 0.3 is 11.7 Å². The average molecular weight is 441 g/mol. The molecule has 2 heterocycles. The maximum atomic E-state index is 12.5. The molecule has 0 saturated carbocycles. The molecule has 0 radical (unpaired) electrons. The van der Waals surface area contributed by atoms with E-state index >= 15 is 0 Å². The minimum Gasteiger partial charge on any atom is -0.487 e. The summed E-state index contributed by atoms with van der Waals surface area (Å²) in [6.45, 7) is 4.63. The van der Waals surface area contributed by atoms with Crippen LogP contribution in [0, 0.1) is 10.1 Å². The van der Waals surface area contributed by atoms with Crippen LogP contribution in [-0.2, 0) is 4.84 Å². The van der Waals surface area contributed by atoms with E-state index in [1.807, 2.05) is 17.0 Å². The van der Waals surface area contributed by atoms with Crippen LogP contribution in [0.2, 0.25) is 0 Å². The molecule has 3 rings (SSSR count). The van der Waals surface area contributed by atoms with Gasteiger partial charge in [0.15, 0.2) is 5.75 Å². The second-order valence-electron chi connectivity index (χ2n) is 7.17. The number of anilines is 1. The first kappa shape index (κ1) is 23.0. The first-order chi connectivity index (χ1) is 15.6. The smallest absolute Gasteiger partial charge is 0.324 e. The molecule has 0 aliphatic carbocycles. The molecule has 0 spiro atoms. The van der Waals surface area contributed by atoms with E-state index in [2.05, 4.69) is 10.1 Å². The number of urea groups is 1. The summed E-state index contributed by atoms with van der Waals surface area (Å²) in [7, 11) is 0. The molecule has 10 nitrogen and oxygen atoms in total. The van der Waals surface area contributed by atoms with Gasteiger partial charge in [0.05, 0.1) is 17.7 Å². The number of pyridine rings is 1. The Kier molecular flexibility index (Phi) is 8.36. The Labute approximate surface area is 186 Å². The lowest BCUT2D eigenvalue weighted by atomic mass is 10.2. The molecule has 10 heteroatoms. The molecule has 0 bridgehead atoms. The number of unbranched alkanes of at least 4 members (excludes halogenated alkanes) is 2. The van der Waals surface area contributed by atoms with Gasteiger partial charge in [-0.1, -0.05) is 5.16 Å². The molecular weight excluding hydrogens is 414 g/mol. The Morgan fingerprint density at radius 1 is 1.19 bits per heavy atom. The number of carbonyl (C=O) groups is 1. The average Bonchev–Trinajstić information content (AvgIpc) is 3.17. The van der Waals surface area contributed by atoms with Gasteiger partial charge in [0.1, 0.15) is 6.61 Å². The molecule has 32 heavy (non-hydrogen) atoms. The van der Waals surface area contributed by atoms with Crippen LogP contribution in [0.4, 0.5) is 16.2 Å². The third kappa shape index (κ3) is 6.16. The van der Waals surface area contributed by atoms with E-state index in [9.17, 15) is 14.9 Å². The van der Waals surface area contributed by atoms with Crippen LogP contribution in [0.15, 0.2) is 47.9 Å². The van der Waals surface area contributed by atoms with Gasteiger partial charge in [0.2, 0.25) is 0 Å². The van der Waals surface area contributed by atoms with Crippen molar-refractivity contribution in [3.8, 4) is 5.75 Å². The normalized spacial score (nSPS) is 13.7. The van der Waals surface area contributed by atoms with Crippen molar-refractivity contribution in [2.24, 2.45) is 5.16 Å². The third-order valence-corrected chi connectivity index (χ3v) is 4.98. The largest absolute Gasteiger partial charge is 0.487 e. The van der Waals surface area contributed by atoms with E-state index in [-0.39, 0.29) is 17.5 Å². The molecule has 1 aliphatic rings. The van der Waals surface area contributed by atoms with Gasteiger partial charge in [0, 0.05) is 49.3 Å². The lowest BCUT2D eigenvalue weighted by Gasteiger charge is -2.18. The molecule has 0 unspecified atom stereocenters. The lowest BCUT2D eigenvalue weighted by Crippen LogP contribution is -2.32. The number of hydrogen-bond acceptors (Lipinski definition) is 7. The van der Waals surface area contributed by atoms with E-state index in [1.54, 1.807) is 36.4 Å². The second-order valence-corrected chi connectivity index (χ2v) is 7.17. The summed E-state index contributed by atoms with van der Waals surface area (Å²) in [4.78, 5) is 35.9. The number of aromatic nitrogens is 1. The number of nitrogens with zero attached hydrogens (tertiary/aromatic N) is 5. The van der Waals surface area contributed by atoms with Crippen molar-refractivity contribution < 1.29 is 19.3 Å². The van der Waals surface area contributed by atoms with E-state index in [0.717, 1.165) is 24.9 Å². The van der Waals surface area contributed by atoms with Crippen LogP contribution in [-0.4, -0.2) is 59.9 Å². The third-order valence-electron chi connectivity index (χ3n) is 4.98. The SMILES string of the molecule is CCON=Cc1ccc(OCCCCCN2CCN(c3ccncc3)C2=O)c([N+](=O)[O-])c1. The minimum atomic E-state index is -0.471. The van der Waals surface area contributed by atoms with Gasteiger partial charge in [-0.2, -0.15) is 0 Å². The summed E-state index contributed by atoms with van der Waals surface area (Å²) in [6.07, 6.45) is 7.21. The fraction of sp³-hybridized carbons (Fsp3) is 0.409. The Morgan fingerprint density at radius 3 is 2.75 bits per heavy atom. The van der Waals surface area contributed by atoms with Crippen molar-refractivity contribution in [2.75, 3.05) is 37.7 Å². The zero-order valence-corrected chi connectivity index (χ0v) is 18.1. The van der Waals surface area contributed by atoms with Gasteiger partial charge in [-0.25, -0.2) is 4.79 Å². The van der Waals surface area contributed by atoms with Crippen molar-refractivity contribution in [1.29, 1.82) is 0 Å². The van der Waals surface area contributed by atoms with Crippen LogP contribution in [0.5, 0.6) is 5.75 Å². The maximum absolute atomic E-state index is 12.5. The van der Waals surface area contributed by atoms with Crippen LogP contribution < -0.4 is 9.64 Å². The number of carbonyl (C=O) groups excluding carboxylic acids is 1. The van der Waals surface area contributed by atoms with Crippen LogP contribution in [0.25, 0.3) is 0 Å². The van der Waals surface area contributed by atoms with Gasteiger partial charge in [-0.05, 0) is 50.5 Å². The zero-order valence-electron chi connectivity index (χ0n) is 18.1. The van der Waals surface area contributed by atoms with Crippen molar-refractivity contribution in [3.63, 3.8) is 0 Å². The number of oxime groups is 1. The molecule has 1 saturated heterocycles. The number of amides is 2. The molecule has 0 atom stereocenters. The number of nitro groups is 1. The second kappa shape index (κ2) is 11.6. The zero-order chi connectivity index (χ0) is 22.8. The highest BCUT2D eigenvalue weighted by molar-refractivity contribution is 5.94. The summed E-state index contributed by atoms with van der Waals surface area (Å²) in [5, 5.41) is 15.1. The van der Waals surface area contributed by atoms with Gasteiger partial charge in [0.25, 0.3) is 0 Å². The monoisotopic (exact) mass is 441 g/mol. The van der Waals surface area contributed by atoms with Crippen LogP contribution in [0.1, 0.15) is 31.7 Å². The molecule has 1 fully saturated rings. The van der Waals surface area contributed by atoms with Crippen molar-refractivity contribution in [2.45, 2.75) is 26.2 Å². The Hall–Kier alpha value is -3.69. The molecular formula is C22H27N5O5. The first-order valence-electron chi connectivity index (χ1n) is 10.6. The first-order valence-corrected chi connectivity index (χ1v) is 10.6. The fourth-order valence-electron chi connectivity index (χ4n) is 3.37. The van der Waals surface area contributed by atoms with E-state index in [4.69, 9.17) is 9.57 Å². The number of benzene rings is 1. The molecule has 1 aliphatic heterocycles. The summed E-state index contributed by atoms with van der Waals surface area (Å²) in [5.41, 5.74) is 1.32. The van der Waals surface area contributed by atoms with Gasteiger partial charge in [-0.15, -0.1) is 0 Å². The number of ether oxygens (including phenoxy) is 1. The summed E-state index contributed by atoms with van der Waals surface area (Å²) in [6, 6.07) is 8.34. The molecule has 1 aromatic carbocycles. The predicted octanol–water partition coefficient (Wildman–Crippen LogP) is 3.85. The Bertz CT molecular complexity index is 938. The highest BCUT2D eigenvalue weighted by Crippen LogP contribution is 2.28. The van der Waals surface area contributed by atoms with Crippen LogP contribution >= 0.6 is 0 Å². The number of nitro benzene ring substituents is 1. The Balaban J connectivity index is 1.40. The molecule has 0 N–H and O–H groups in total. The standard InChI is InChI=1S/C22H27N5O5/c1-2-32-24-17-18-6-7-21(20(16-18)27(29)30)31-15-5-3-4-12-25-13-14-26(22(25)28)19-8-10-23-11-9-19/h6-11,16-17H,2-5,12-15H2,1H3. The summed E-state index contributed by atoms with van der Waals surface area (Å²) < 4.78 is 5.64. The van der Waals surface area contributed by atoms with E-state index in [1.165, 1.54) is 12.3 Å². The lowest BCUT2D eigenvalue weighted by molar-refractivity contribution is -0.385. The topological polar surface area (TPSA) is 110 Å². The molecule has 2 aromatic rings. The highest BCUT2D eigenvalue weighted by Gasteiger charge is 2.28. The van der Waals surface area contributed by atoms with Gasteiger partial charge < -0.3 is 14.5 Å². The summed E-state index contributed by atoms with van der Waals surface area (Å²) >= 11 is 0. The van der Waals surface area contributed by atoms with Gasteiger partial charge in [-0.3, -0.25) is 20.0 Å². The highest BCUT2D eigenvalue weighted by atomic mass is 16.6. The molecule has 1 aromatic heterocycles. The number of rotatable bonds is 12. The van der Waals surface area contributed by atoms with E-state index < -0.39 is 4.92 Å². The van der Waals surface area contributed by atoms with Crippen LogP contribution in [0.3, 0.4) is 0 Å². The quantitative estimate of drug-likeness (QED) is 0.214.